The summed E-state index contributed by atoms with van der Waals surface area (Å²) < 4.78 is 28.3. The zero-order valence-corrected chi connectivity index (χ0v) is 11.4. The van der Waals surface area contributed by atoms with E-state index >= 15 is 0 Å². The average Bonchev–Trinajstić information content (AvgIpc) is 2.84. The van der Waals surface area contributed by atoms with Gasteiger partial charge in [0.15, 0.2) is 0 Å². The SMILES string of the molecule is O=S(=O)(NC1CCCCC1)n1cc2ccccc2n1. The van der Waals surface area contributed by atoms with Crippen LogP contribution in [0.5, 0.6) is 0 Å². The van der Waals surface area contributed by atoms with Gasteiger partial charge in [0, 0.05) is 11.4 Å². The molecule has 2 aromatic rings. The molecule has 0 radical (unpaired) electrons. The summed E-state index contributed by atoms with van der Waals surface area (Å²) in [5.41, 5.74) is 0.691. The van der Waals surface area contributed by atoms with E-state index in [2.05, 4.69) is 9.82 Å². The van der Waals surface area contributed by atoms with Crippen LogP contribution in [0.4, 0.5) is 0 Å². The Bertz CT molecular complexity index is 639. The molecule has 5 nitrogen and oxygen atoms in total. The number of nitrogens with zero attached hydrogens (tertiary/aromatic N) is 2. The van der Waals surface area contributed by atoms with Crippen LogP contribution in [0.3, 0.4) is 0 Å². The molecule has 1 heterocycles. The highest BCUT2D eigenvalue weighted by Gasteiger charge is 2.22. The number of aromatic nitrogens is 2. The van der Waals surface area contributed by atoms with Crippen LogP contribution in [-0.4, -0.2) is 23.6 Å². The van der Waals surface area contributed by atoms with E-state index in [0.29, 0.717) is 5.52 Å². The molecular weight excluding hydrogens is 262 g/mol. The van der Waals surface area contributed by atoms with Gasteiger partial charge in [-0.1, -0.05) is 37.5 Å². The van der Waals surface area contributed by atoms with Crippen LogP contribution in [0.1, 0.15) is 32.1 Å². The largest absolute Gasteiger partial charge is 0.320 e. The Labute approximate surface area is 112 Å². The van der Waals surface area contributed by atoms with Crippen LogP contribution >= 0.6 is 0 Å². The van der Waals surface area contributed by atoms with Crippen LogP contribution in [0.25, 0.3) is 10.9 Å². The number of hydrogen-bond acceptors (Lipinski definition) is 3. The van der Waals surface area contributed by atoms with Gasteiger partial charge in [-0.2, -0.15) is 22.3 Å². The van der Waals surface area contributed by atoms with Crippen LogP contribution in [0.2, 0.25) is 0 Å². The van der Waals surface area contributed by atoms with E-state index in [4.69, 9.17) is 0 Å². The van der Waals surface area contributed by atoms with E-state index in [9.17, 15) is 8.42 Å². The summed E-state index contributed by atoms with van der Waals surface area (Å²) in [6.07, 6.45) is 6.77. The molecular formula is C13H17N3O2S. The van der Waals surface area contributed by atoms with Crippen molar-refractivity contribution in [1.29, 1.82) is 0 Å². The molecule has 0 unspecified atom stereocenters. The highest BCUT2D eigenvalue weighted by molar-refractivity contribution is 7.87. The molecule has 102 valence electrons. The summed E-state index contributed by atoms with van der Waals surface area (Å²) in [6, 6.07) is 7.43. The summed E-state index contributed by atoms with van der Waals surface area (Å²) in [6.45, 7) is 0. The Morgan fingerprint density at radius 3 is 2.63 bits per heavy atom. The van der Waals surface area contributed by atoms with Crippen molar-refractivity contribution in [3.05, 3.63) is 30.5 Å². The van der Waals surface area contributed by atoms with E-state index in [0.717, 1.165) is 35.2 Å². The second-order valence-electron chi connectivity index (χ2n) is 5.02. The number of nitrogens with one attached hydrogen (secondary N) is 1. The molecule has 19 heavy (non-hydrogen) atoms. The lowest BCUT2D eigenvalue weighted by Crippen LogP contribution is -2.39. The number of benzene rings is 1. The van der Waals surface area contributed by atoms with Crippen molar-refractivity contribution in [2.24, 2.45) is 0 Å². The van der Waals surface area contributed by atoms with Gasteiger partial charge < -0.3 is 0 Å². The van der Waals surface area contributed by atoms with Gasteiger partial charge in [0.2, 0.25) is 0 Å². The first kappa shape index (κ1) is 12.6. The van der Waals surface area contributed by atoms with Crippen LogP contribution in [0.15, 0.2) is 30.5 Å². The lowest BCUT2D eigenvalue weighted by molar-refractivity contribution is 0.409. The van der Waals surface area contributed by atoms with Crippen molar-refractivity contribution in [3.63, 3.8) is 0 Å². The fourth-order valence-electron chi connectivity index (χ4n) is 2.55. The van der Waals surface area contributed by atoms with Gasteiger partial charge >= 0.3 is 10.2 Å². The van der Waals surface area contributed by atoms with Crippen LogP contribution in [0, 0.1) is 0 Å². The molecule has 1 N–H and O–H groups in total. The molecule has 1 aliphatic carbocycles. The van der Waals surface area contributed by atoms with E-state index in [1.165, 1.54) is 6.42 Å². The molecule has 0 saturated heterocycles. The number of rotatable bonds is 3. The van der Waals surface area contributed by atoms with E-state index in [-0.39, 0.29) is 6.04 Å². The minimum Gasteiger partial charge on any atom is -0.193 e. The van der Waals surface area contributed by atoms with Crippen molar-refractivity contribution in [1.82, 2.24) is 13.9 Å². The van der Waals surface area contributed by atoms with Gasteiger partial charge in [-0.25, -0.2) is 0 Å². The second kappa shape index (κ2) is 4.94. The summed E-state index contributed by atoms with van der Waals surface area (Å²) >= 11 is 0. The smallest absolute Gasteiger partial charge is 0.193 e. The third kappa shape index (κ3) is 2.64. The minimum atomic E-state index is -3.57. The molecule has 1 fully saturated rings. The van der Waals surface area contributed by atoms with Gasteiger partial charge in [0.1, 0.15) is 0 Å². The normalized spacial score (nSPS) is 17.9. The topological polar surface area (TPSA) is 64.0 Å². The van der Waals surface area contributed by atoms with E-state index < -0.39 is 10.2 Å². The Morgan fingerprint density at radius 2 is 1.89 bits per heavy atom. The summed E-state index contributed by atoms with van der Waals surface area (Å²) in [4.78, 5) is 0. The molecule has 0 atom stereocenters. The molecule has 0 amide bonds. The Balaban J connectivity index is 1.86. The second-order valence-corrected chi connectivity index (χ2v) is 6.58. The molecule has 0 spiro atoms. The molecule has 0 aliphatic heterocycles. The maximum absolute atomic E-state index is 12.3. The maximum Gasteiger partial charge on any atom is 0.320 e. The molecule has 1 aromatic carbocycles. The zero-order valence-electron chi connectivity index (χ0n) is 10.6. The van der Waals surface area contributed by atoms with Crippen molar-refractivity contribution in [2.75, 3.05) is 0 Å². The van der Waals surface area contributed by atoms with Crippen LogP contribution in [-0.2, 0) is 10.2 Å². The fraction of sp³-hybridized carbons (Fsp3) is 0.462. The van der Waals surface area contributed by atoms with Gasteiger partial charge in [-0.05, 0) is 18.9 Å². The third-order valence-electron chi connectivity index (χ3n) is 3.56. The van der Waals surface area contributed by atoms with Crippen molar-refractivity contribution >= 4 is 21.1 Å². The van der Waals surface area contributed by atoms with Crippen molar-refractivity contribution < 1.29 is 8.42 Å². The van der Waals surface area contributed by atoms with Crippen LogP contribution < -0.4 is 4.72 Å². The molecule has 3 rings (SSSR count). The molecule has 1 aromatic heterocycles. The number of fused-ring (bicyclic) bond motifs is 1. The Morgan fingerprint density at radius 1 is 1.16 bits per heavy atom. The maximum atomic E-state index is 12.3. The van der Waals surface area contributed by atoms with E-state index in [1.807, 2.05) is 24.3 Å². The summed E-state index contributed by atoms with van der Waals surface area (Å²) in [5.74, 6) is 0. The first-order valence-electron chi connectivity index (χ1n) is 6.62. The minimum absolute atomic E-state index is 0.0473. The highest BCUT2D eigenvalue weighted by Crippen LogP contribution is 2.19. The quantitative estimate of drug-likeness (QED) is 0.935. The van der Waals surface area contributed by atoms with Gasteiger partial charge in [0.05, 0.1) is 11.7 Å². The third-order valence-corrected chi connectivity index (χ3v) is 4.87. The van der Waals surface area contributed by atoms with Gasteiger partial charge in [-0.3, -0.25) is 0 Å². The zero-order chi connectivity index (χ0) is 13.3. The Kier molecular flexibility index (Phi) is 3.28. The van der Waals surface area contributed by atoms with E-state index in [1.54, 1.807) is 6.20 Å². The molecule has 1 saturated carbocycles. The lowest BCUT2D eigenvalue weighted by atomic mass is 9.96. The first-order valence-corrected chi connectivity index (χ1v) is 8.06. The fourth-order valence-corrected chi connectivity index (χ4v) is 3.76. The van der Waals surface area contributed by atoms with Crippen molar-refractivity contribution in [2.45, 2.75) is 38.1 Å². The molecule has 0 bridgehead atoms. The standard InChI is InChI=1S/C13H17N3O2S/c17-19(18,15-12-7-2-1-3-8-12)16-10-11-6-4-5-9-13(11)14-16/h4-6,9-10,12,15H,1-3,7-8H2. The first-order chi connectivity index (χ1) is 9.15. The summed E-state index contributed by atoms with van der Waals surface area (Å²) in [5, 5.41) is 4.95. The highest BCUT2D eigenvalue weighted by atomic mass is 32.2. The monoisotopic (exact) mass is 279 g/mol. The predicted octanol–water partition coefficient (Wildman–Crippen LogP) is 2.05. The average molecular weight is 279 g/mol. The van der Waals surface area contributed by atoms with Gasteiger partial charge in [-0.15, -0.1) is 0 Å². The van der Waals surface area contributed by atoms with Crippen molar-refractivity contribution in [3.8, 4) is 0 Å². The predicted molar refractivity (Wildman–Crippen MR) is 74.1 cm³/mol. The Hall–Kier alpha value is -1.40. The lowest BCUT2D eigenvalue weighted by Gasteiger charge is -2.22. The molecule has 1 aliphatic rings. The molecule has 6 heteroatoms. The summed E-state index contributed by atoms with van der Waals surface area (Å²) in [7, 11) is -3.57. The number of hydrogen-bond donors (Lipinski definition) is 1. The van der Waals surface area contributed by atoms with Gasteiger partial charge in [0.25, 0.3) is 0 Å².